The average Bonchev–Trinajstić information content (AvgIpc) is 3.55. The van der Waals surface area contributed by atoms with Gasteiger partial charge in [-0.25, -0.2) is 13.4 Å². The maximum Gasteiger partial charge on any atom is 0.326 e. The molecule has 3 aromatic rings. The predicted molar refractivity (Wildman–Crippen MR) is 122 cm³/mol. The highest BCUT2D eigenvalue weighted by molar-refractivity contribution is 7.92. The summed E-state index contributed by atoms with van der Waals surface area (Å²) in [4.78, 5) is 11.8. The van der Waals surface area contributed by atoms with Crippen molar-refractivity contribution in [1.29, 1.82) is 5.26 Å². The zero-order valence-corrected chi connectivity index (χ0v) is 18.8. The third-order valence-electron chi connectivity index (χ3n) is 5.90. The highest BCUT2D eigenvalue weighted by Crippen LogP contribution is 2.45. The zero-order valence-electron chi connectivity index (χ0n) is 18.0. The number of carbonyl (C=O) groups excluding carboxylic acids is 1. The Morgan fingerprint density at radius 3 is 2.53 bits per heavy atom. The monoisotopic (exact) mass is 481 g/mol. The summed E-state index contributed by atoms with van der Waals surface area (Å²) in [5.74, 6) is -1.27. The van der Waals surface area contributed by atoms with Gasteiger partial charge in [0.1, 0.15) is 36.9 Å². The van der Waals surface area contributed by atoms with Crippen molar-refractivity contribution in [1.82, 2.24) is 4.72 Å². The fourth-order valence-corrected chi connectivity index (χ4v) is 4.93. The quantitative estimate of drug-likeness (QED) is 0.554. The van der Waals surface area contributed by atoms with Gasteiger partial charge in [-0.2, -0.15) is 13.7 Å². The Balaban J connectivity index is 1.56. The molecule has 8 nitrogen and oxygen atoms in total. The first-order chi connectivity index (χ1) is 16.3. The van der Waals surface area contributed by atoms with Gasteiger partial charge in [-0.15, -0.1) is 0 Å². The van der Waals surface area contributed by atoms with Crippen molar-refractivity contribution in [2.45, 2.75) is 19.4 Å². The maximum atomic E-state index is 15.9. The molecule has 34 heavy (non-hydrogen) atoms. The number of rotatable bonds is 7. The fraction of sp³-hybridized carbons (Fsp3) is 0.250. The molecule has 0 radical (unpaired) electrons. The molecule has 1 aliphatic heterocycles. The molecule has 0 bridgehead atoms. The number of nitriles is 1. The summed E-state index contributed by atoms with van der Waals surface area (Å²) in [6.45, 7) is -0.292. The van der Waals surface area contributed by atoms with Crippen LogP contribution in [0.15, 0.2) is 54.6 Å². The Kier molecular flexibility index (Phi) is 5.29. The van der Waals surface area contributed by atoms with Crippen LogP contribution in [0.3, 0.4) is 0 Å². The van der Waals surface area contributed by atoms with Gasteiger partial charge < -0.3 is 9.47 Å². The minimum atomic E-state index is -4.27. The van der Waals surface area contributed by atoms with Crippen LogP contribution in [0.1, 0.15) is 18.4 Å². The third-order valence-corrected chi connectivity index (χ3v) is 7.28. The Bertz CT molecular complexity index is 1430. The SMILES string of the molecule is N#CC1(COc2ccc3cc(OCc4ccccc4)c(N4CC(=O)NS4(=O)=O)c(F)c3c2)CC1. The summed E-state index contributed by atoms with van der Waals surface area (Å²) in [7, 11) is -4.27. The lowest BCUT2D eigenvalue weighted by Crippen LogP contribution is -2.30. The van der Waals surface area contributed by atoms with E-state index < -0.39 is 33.9 Å². The summed E-state index contributed by atoms with van der Waals surface area (Å²) < 4.78 is 55.0. The lowest BCUT2D eigenvalue weighted by Gasteiger charge is -2.21. The maximum absolute atomic E-state index is 15.9. The number of anilines is 1. The van der Waals surface area contributed by atoms with Crippen molar-refractivity contribution in [2.75, 3.05) is 17.5 Å². The molecule has 2 fully saturated rings. The van der Waals surface area contributed by atoms with Crippen LogP contribution in [-0.2, 0) is 21.6 Å². The van der Waals surface area contributed by atoms with Crippen LogP contribution in [0.25, 0.3) is 10.8 Å². The molecule has 1 saturated carbocycles. The van der Waals surface area contributed by atoms with Gasteiger partial charge >= 0.3 is 10.2 Å². The summed E-state index contributed by atoms with van der Waals surface area (Å²) in [5, 5.41) is 9.82. The molecular formula is C24H20FN3O5S. The molecule has 174 valence electrons. The van der Waals surface area contributed by atoms with Crippen molar-refractivity contribution < 1.29 is 27.1 Å². The molecule has 1 N–H and O–H groups in total. The van der Waals surface area contributed by atoms with Gasteiger partial charge in [0.05, 0.1) is 11.5 Å². The number of halogens is 1. The van der Waals surface area contributed by atoms with Gasteiger partial charge in [0.2, 0.25) is 0 Å². The summed E-state index contributed by atoms with van der Waals surface area (Å²) in [6, 6.07) is 17.7. The molecule has 1 saturated heterocycles. The second kappa shape index (κ2) is 8.18. The molecule has 1 amide bonds. The number of hydrogen-bond donors (Lipinski definition) is 1. The van der Waals surface area contributed by atoms with E-state index >= 15 is 4.39 Å². The normalized spacial score (nSPS) is 17.8. The van der Waals surface area contributed by atoms with E-state index in [0.29, 0.717) is 15.4 Å². The summed E-state index contributed by atoms with van der Waals surface area (Å²) >= 11 is 0. The first kappa shape index (κ1) is 22.0. The topological polar surface area (TPSA) is 109 Å². The molecule has 1 heterocycles. The van der Waals surface area contributed by atoms with Crippen LogP contribution in [0, 0.1) is 22.6 Å². The number of nitrogens with zero attached hydrogens (tertiary/aromatic N) is 2. The summed E-state index contributed by atoms with van der Waals surface area (Å²) in [6.07, 6.45) is 1.51. The van der Waals surface area contributed by atoms with E-state index in [1.165, 1.54) is 12.1 Å². The van der Waals surface area contributed by atoms with Crippen LogP contribution >= 0.6 is 0 Å². The summed E-state index contributed by atoms with van der Waals surface area (Å²) in [5.41, 5.74) is -0.0407. The third kappa shape index (κ3) is 4.10. The molecule has 2 aliphatic rings. The van der Waals surface area contributed by atoms with E-state index in [1.54, 1.807) is 12.1 Å². The average molecular weight is 482 g/mol. The van der Waals surface area contributed by atoms with Gasteiger partial charge in [-0.3, -0.25) is 4.79 Å². The molecule has 0 unspecified atom stereocenters. The largest absolute Gasteiger partial charge is 0.492 e. The van der Waals surface area contributed by atoms with Crippen molar-refractivity contribution >= 4 is 32.6 Å². The van der Waals surface area contributed by atoms with Gasteiger partial charge in [-0.05, 0) is 42.0 Å². The first-order valence-electron chi connectivity index (χ1n) is 10.6. The Morgan fingerprint density at radius 1 is 1.12 bits per heavy atom. The lowest BCUT2D eigenvalue weighted by molar-refractivity contribution is -0.117. The van der Waals surface area contributed by atoms with Crippen LogP contribution in [0.4, 0.5) is 10.1 Å². The number of amides is 1. The molecule has 0 atom stereocenters. The molecule has 0 spiro atoms. The van der Waals surface area contributed by atoms with Gasteiger partial charge in [0, 0.05) is 5.39 Å². The zero-order chi connectivity index (χ0) is 23.9. The Morgan fingerprint density at radius 2 is 1.88 bits per heavy atom. The van der Waals surface area contributed by atoms with E-state index in [2.05, 4.69) is 6.07 Å². The van der Waals surface area contributed by atoms with E-state index in [0.717, 1.165) is 18.4 Å². The van der Waals surface area contributed by atoms with E-state index in [-0.39, 0.29) is 30.0 Å². The molecule has 3 aromatic carbocycles. The number of carbonyl (C=O) groups is 1. The highest BCUT2D eigenvalue weighted by Gasteiger charge is 2.44. The number of ether oxygens (including phenoxy) is 2. The lowest BCUT2D eigenvalue weighted by atomic mass is 10.1. The van der Waals surface area contributed by atoms with Crippen LogP contribution in [0.5, 0.6) is 11.5 Å². The number of hydrogen-bond acceptors (Lipinski definition) is 6. The van der Waals surface area contributed by atoms with Crippen LogP contribution in [-0.4, -0.2) is 27.5 Å². The molecule has 0 aromatic heterocycles. The Hall–Kier alpha value is -3.84. The molecule has 10 heteroatoms. The molecular weight excluding hydrogens is 461 g/mol. The highest BCUT2D eigenvalue weighted by atomic mass is 32.2. The van der Waals surface area contributed by atoms with Crippen LogP contribution in [0.2, 0.25) is 0 Å². The van der Waals surface area contributed by atoms with Crippen molar-refractivity contribution in [3.05, 3.63) is 66.0 Å². The van der Waals surface area contributed by atoms with Crippen molar-refractivity contribution in [3.63, 3.8) is 0 Å². The van der Waals surface area contributed by atoms with Gasteiger partial charge in [0.15, 0.2) is 5.82 Å². The van der Waals surface area contributed by atoms with Gasteiger partial charge in [-0.1, -0.05) is 36.4 Å². The first-order valence-corrected chi connectivity index (χ1v) is 12.0. The standard InChI is InChI=1S/C24H20FN3O5S/c25-22-19-11-18(33-15-24(14-26)8-9-24)7-6-17(19)10-20(32-13-16-4-2-1-3-5-16)23(22)28-12-21(29)27-34(28,30)31/h1-7,10-11H,8-9,12-13,15H2,(H,27,29). The smallest absolute Gasteiger partial charge is 0.326 e. The van der Waals surface area contributed by atoms with Gasteiger partial charge in [0.25, 0.3) is 5.91 Å². The second-order valence-electron chi connectivity index (χ2n) is 8.41. The number of nitrogens with one attached hydrogen (secondary N) is 1. The molecule has 1 aliphatic carbocycles. The van der Waals surface area contributed by atoms with E-state index in [1.807, 2.05) is 35.1 Å². The Labute approximate surface area is 195 Å². The number of benzene rings is 3. The minimum absolute atomic E-state index is 0.0102. The number of fused-ring (bicyclic) bond motifs is 1. The van der Waals surface area contributed by atoms with E-state index in [4.69, 9.17) is 9.47 Å². The van der Waals surface area contributed by atoms with Crippen molar-refractivity contribution in [3.8, 4) is 17.6 Å². The van der Waals surface area contributed by atoms with Crippen LogP contribution < -0.4 is 18.5 Å². The second-order valence-corrected chi connectivity index (χ2v) is 10.0. The fourth-order valence-electron chi connectivity index (χ4n) is 3.77. The van der Waals surface area contributed by atoms with Crippen molar-refractivity contribution in [2.24, 2.45) is 5.41 Å². The minimum Gasteiger partial charge on any atom is -0.492 e. The molecule has 5 rings (SSSR count). The predicted octanol–water partition coefficient (Wildman–Crippen LogP) is 3.42. The van der Waals surface area contributed by atoms with E-state index in [9.17, 15) is 18.5 Å².